The van der Waals surface area contributed by atoms with Gasteiger partial charge in [-0.25, -0.2) is 9.18 Å². The van der Waals surface area contributed by atoms with Crippen molar-refractivity contribution >= 4 is 27.8 Å². The highest BCUT2D eigenvalue weighted by molar-refractivity contribution is 9.10. The summed E-state index contributed by atoms with van der Waals surface area (Å²) in [7, 11) is 1.44. The number of amides is 1. The standard InChI is InChI=1S/C14H17BrFNO3/c1-5-20-13(19)14(2,3)17(4)12(18)10-8-9(15)6-7-11(10)16/h6-8H,5H2,1-4H3. The zero-order valence-electron chi connectivity index (χ0n) is 11.9. The van der Waals surface area contributed by atoms with Crippen LogP contribution in [0.2, 0.25) is 0 Å². The minimum atomic E-state index is -1.18. The number of benzene rings is 1. The van der Waals surface area contributed by atoms with Gasteiger partial charge < -0.3 is 9.64 Å². The summed E-state index contributed by atoms with van der Waals surface area (Å²) in [5.41, 5.74) is -1.28. The average Bonchev–Trinajstić information content (AvgIpc) is 2.40. The number of halogens is 2. The van der Waals surface area contributed by atoms with Crippen LogP contribution in [0.3, 0.4) is 0 Å². The van der Waals surface area contributed by atoms with Crippen molar-refractivity contribution in [1.29, 1.82) is 0 Å². The van der Waals surface area contributed by atoms with Gasteiger partial charge in [0, 0.05) is 11.5 Å². The molecule has 0 radical (unpaired) electrons. The third-order valence-corrected chi connectivity index (χ3v) is 3.57. The van der Waals surface area contributed by atoms with E-state index in [1.807, 2.05) is 0 Å². The van der Waals surface area contributed by atoms with Crippen molar-refractivity contribution in [3.63, 3.8) is 0 Å². The van der Waals surface area contributed by atoms with E-state index in [1.54, 1.807) is 20.8 Å². The highest BCUT2D eigenvalue weighted by Gasteiger charge is 2.37. The van der Waals surface area contributed by atoms with Crippen LogP contribution in [0, 0.1) is 5.82 Å². The maximum Gasteiger partial charge on any atom is 0.331 e. The molecule has 0 saturated heterocycles. The van der Waals surface area contributed by atoms with Crippen LogP contribution in [0.25, 0.3) is 0 Å². The average molecular weight is 346 g/mol. The summed E-state index contributed by atoms with van der Waals surface area (Å²) in [5.74, 6) is -1.75. The molecular weight excluding hydrogens is 329 g/mol. The highest BCUT2D eigenvalue weighted by atomic mass is 79.9. The summed E-state index contributed by atoms with van der Waals surface area (Å²) in [6.07, 6.45) is 0. The largest absolute Gasteiger partial charge is 0.464 e. The first-order valence-corrected chi connectivity index (χ1v) is 6.91. The Morgan fingerprint density at radius 1 is 1.40 bits per heavy atom. The van der Waals surface area contributed by atoms with Crippen LogP contribution in [0.15, 0.2) is 22.7 Å². The van der Waals surface area contributed by atoms with Gasteiger partial charge in [-0.3, -0.25) is 4.79 Å². The van der Waals surface area contributed by atoms with E-state index in [2.05, 4.69) is 15.9 Å². The minimum Gasteiger partial charge on any atom is -0.464 e. The Labute approximate surface area is 126 Å². The fraction of sp³-hybridized carbons (Fsp3) is 0.429. The van der Waals surface area contributed by atoms with Crippen molar-refractivity contribution in [2.45, 2.75) is 26.3 Å². The highest BCUT2D eigenvalue weighted by Crippen LogP contribution is 2.21. The van der Waals surface area contributed by atoms with Crippen molar-refractivity contribution in [2.75, 3.05) is 13.7 Å². The van der Waals surface area contributed by atoms with Gasteiger partial charge in [-0.05, 0) is 39.0 Å². The lowest BCUT2D eigenvalue weighted by Crippen LogP contribution is -2.51. The van der Waals surface area contributed by atoms with Crippen LogP contribution in [-0.4, -0.2) is 36.0 Å². The molecule has 0 aliphatic heterocycles. The van der Waals surface area contributed by atoms with E-state index in [0.717, 1.165) is 0 Å². The van der Waals surface area contributed by atoms with Gasteiger partial charge in [0.25, 0.3) is 5.91 Å². The zero-order chi connectivity index (χ0) is 15.5. The molecule has 0 fully saturated rings. The molecule has 1 aromatic rings. The summed E-state index contributed by atoms with van der Waals surface area (Å²) in [4.78, 5) is 25.4. The summed E-state index contributed by atoms with van der Waals surface area (Å²) in [6.45, 7) is 5.01. The number of likely N-dealkylation sites (N-methyl/N-ethyl adjacent to an activating group) is 1. The maximum absolute atomic E-state index is 13.7. The van der Waals surface area contributed by atoms with E-state index in [1.165, 1.54) is 30.1 Å². The lowest BCUT2D eigenvalue weighted by atomic mass is 10.0. The normalized spacial score (nSPS) is 11.1. The van der Waals surface area contributed by atoms with E-state index in [4.69, 9.17) is 4.74 Å². The van der Waals surface area contributed by atoms with Crippen LogP contribution in [-0.2, 0) is 9.53 Å². The Hall–Kier alpha value is -1.43. The van der Waals surface area contributed by atoms with Crippen molar-refractivity contribution in [3.05, 3.63) is 34.1 Å². The first kappa shape index (κ1) is 16.6. The topological polar surface area (TPSA) is 46.6 Å². The molecule has 1 amide bonds. The summed E-state index contributed by atoms with van der Waals surface area (Å²) in [6, 6.07) is 4.08. The Kier molecular flexibility index (Phi) is 5.28. The molecule has 0 aliphatic rings. The van der Waals surface area contributed by atoms with Gasteiger partial charge in [-0.15, -0.1) is 0 Å². The quantitative estimate of drug-likeness (QED) is 0.788. The lowest BCUT2D eigenvalue weighted by Gasteiger charge is -2.33. The number of carbonyl (C=O) groups excluding carboxylic acids is 2. The molecule has 6 heteroatoms. The molecule has 0 unspecified atom stereocenters. The van der Waals surface area contributed by atoms with E-state index in [9.17, 15) is 14.0 Å². The molecule has 4 nitrogen and oxygen atoms in total. The molecular formula is C14H17BrFNO3. The molecule has 1 rings (SSSR count). The number of hydrogen-bond acceptors (Lipinski definition) is 3. The van der Waals surface area contributed by atoms with Crippen molar-refractivity contribution < 1.29 is 18.7 Å². The molecule has 0 aliphatic carbocycles. The Morgan fingerprint density at radius 2 is 2.00 bits per heavy atom. The van der Waals surface area contributed by atoms with E-state index >= 15 is 0 Å². The second kappa shape index (κ2) is 6.35. The van der Waals surface area contributed by atoms with E-state index in [0.29, 0.717) is 4.47 Å². The molecule has 0 atom stereocenters. The summed E-state index contributed by atoms with van der Waals surface area (Å²) >= 11 is 3.19. The van der Waals surface area contributed by atoms with Gasteiger partial charge in [0.15, 0.2) is 0 Å². The smallest absolute Gasteiger partial charge is 0.331 e. The Balaban J connectivity index is 3.07. The molecule has 0 bridgehead atoms. The molecule has 0 N–H and O–H groups in total. The van der Waals surface area contributed by atoms with Crippen molar-refractivity contribution in [2.24, 2.45) is 0 Å². The van der Waals surface area contributed by atoms with Crippen molar-refractivity contribution in [1.82, 2.24) is 4.90 Å². The Morgan fingerprint density at radius 3 is 2.55 bits per heavy atom. The summed E-state index contributed by atoms with van der Waals surface area (Å²) < 4.78 is 19.3. The Bertz CT molecular complexity index is 531. The second-order valence-electron chi connectivity index (χ2n) is 4.77. The first-order valence-electron chi connectivity index (χ1n) is 6.12. The molecule has 110 valence electrons. The van der Waals surface area contributed by atoms with Gasteiger partial charge in [-0.1, -0.05) is 15.9 Å². The minimum absolute atomic E-state index is 0.0979. The number of esters is 1. The van der Waals surface area contributed by atoms with E-state index in [-0.39, 0.29) is 12.2 Å². The van der Waals surface area contributed by atoms with Crippen LogP contribution < -0.4 is 0 Å². The van der Waals surface area contributed by atoms with Gasteiger partial charge >= 0.3 is 5.97 Å². The molecule has 0 heterocycles. The van der Waals surface area contributed by atoms with Crippen LogP contribution in [0.4, 0.5) is 4.39 Å². The molecule has 0 spiro atoms. The molecule has 1 aromatic carbocycles. The van der Waals surface area contributed by atoms with Crippen LogP contribution in [0.1, 0.15) is 31.1 Å². The number of carbonyl (C=O) groups is 2. The van der Waals surface area contributed by atoms with Crippen molar-refractivity contribution in [3.8, 4) is 0 Å². The first-order chi connectivity index (χ1) is 9.21. The number of hydrogen-bond donors (Lipinski definition) is 0. The van der Waals surface area contributed by atoms with Gasteiger partial charge in [0.2, 0.25) is 0 Å². The lowest BCUT2D eigenvalue weighted by molar-refractivity contribution is -0.153. The summed E-state index contributed by atoms with van der Waals surface area (Å²) in [5, 5.41) is 0. The number of nitrogens with zero attached hydrogens (tertiary/aromatic N) is 1. The fourth-order valence-electron chi connectivity index (χ4n) is 1.54. The third-order valence-electron chi connectivity index (χ3n) is 3.08. The van der Waals surface area contributed by atoms with Crippen LogP contribution >= 0.6 is 15.9 Å². The fourth-order valence-corrected chi connectivity index (χ4v) is 1.90. The maximum atomic E-state index is 13.7. The molecule has 0 aromatic heterocycles. The van der Waals surface area contributed by atoms with Gasteiger partial charge in [0.1, 0.15) is 11.4 Å². The molecule has 20 heavy (non-hydrogen) atoms. The number of rotatable bonds is 4. The van der Waals surface area contributed by atoms with Crippen LogP contribution in [0.5, 0.6) is 0 Å². The predicted octanol–water partition coefficient (Wildman–Crippen LogP) is 3.00. The molecule has 0 saturated carbocycles. The van der Waals surface area contributed by atoms with E-state index < -0.39 is 23.2 Å². The van der Waals surface area contributed by atoms with Gasteiger partial charge in [-0.2, -0.15) is 0 Å². The second-order valence-corrected chi connectivity index (χ2v) is 5.68. The zero-order valence-corrected chi connectivity index (χ0v) is 13.5. The third kappa shape index (κ3) is 3.36. The SMILES string of the molecule is CCOC(=O)C(C)(C)N(C)C(=O)c1cc(Br)ccc1F. The van der Waals surface area contributed by atoms with Gasteiger partial charge in [0.05, 0.1) is 12.2 Å². The monoisotopic (exact) mass is 345 g/mol. The number of ether oxygens (including phenoxy) is 1. The predicted molar refractivity (Wildman–Crippen MR) is 76.9 cm³/mol.